The molecular formula is C12H26N2O2S. The van der Waals surface area contributed by atoms with E-state index in [9.17, 15) is 8.42 Å². The van der Waals surface area contributed by atoms with Crippen molar-refractivity contribution in [2.45, 2.75) is 39.2 Å². The summed E-state index contributed by atoms with van der Waals surface area (Å²) >= 11 is 0. The van der Waals surface area contributed by atoms with Gasteiger partial charge in [-0.1, -0.05) is 6.92 Å². The summed E-state index contributed by atoms with van der Waals surface area (Å²) in [4.78, 5) is 2.33. The summed E-state index contributed by atoms with van der Waals surface area (Å²) in [6.45, 7) is 8.06. The highest BCUT2D eigenvalue weighted by Crippen LogP contribution is 2.11. The number of sulfone groups is 1. The summed E-state index contributed by atoms with van der Waals surface area (Å²) in [6, 6.07) is 0.502. The van der Waals surface area contributed by atoms with E-state index in [1.54, 1.807) is 0 Å². The van der Waals surface area contributed by atoms with Gasteiger partial charge in [-0.2, -0.15) is 0 Å². The third kappa shape index (κ3) is 5.84. The predicted octanol–water partition coefficient (Wildman–Crippen LogP) is 0.885. The highest BCUT2D eigenvalue weighted by atomic mass is 32.2. The summed E-state index contributed by atoms with van der Waals surface area (Å²) in [6.07, 6.45) is 3.10. The Bertz CT molecular complexity index is 304. The largest absolute Gasteiger partial charge is 0.317 e. The van der Waals surface area contributed by atoms with Crippen molar-refractivity contribution < 1.29 is 8.42 Å². The van der Waals surface area contributed by atoms with E-state index in [4.69, 9.17) is 0 Å². The molecule has 0 amide bonds. The average molecular weight is 262 g/mol. The van der Waals surface area contributed by atoms with Gasteiger partial charge in [0.1, 0.15) is 0 Å². The van der Waals surface area contributed by atoms with Crippen molar-refractivity contribution in [3.05, 3.63) is 0 Å². The lowest BCUT2D eigenvalue weighted by Gasteiger charge is -2.27. The lowest BCUT2D eigenvalue weighted by molar-refractivity contribution is 0.212. The molecule has 1 heterocycles. The number of hydrogen-bond acceptors (Lipinski definition) is 4. The van der Waals surface area contributed by atoms with Crippen molar-refractivity contribution in [3.63, 3.8) is 0 Å². The molecule has 0 aromatic rings. The molecule has 0 saturated carbocycles. The van der Waals surface area contributed by atoms with Crippen molar-refractivity contribution in [1.29, 1.82) is 0 Å². The van der Waals surface area contributed by atoms with Gasteiger partial charge < -0.3 is 5.32 Å². The molecule has 1 unspecified atom stereocenters. The second-order valence-corrected chi connectivity index (χ2v) is 7.19. The molecule has 1 fully saturated rings. The lowest BCUT2D eigenvalue weighted by Crippen LogP contribution is -2.36. The number of nitrogens with zero attached hydrogens (tertiary/aromatic N) is 1. The Kier molecular flexibility index (Phi) is 6.44. The van der Waals surface area contributed by atoms with E-state index >= 15 is 0 Å². The number of rotatable bonds is 6. The Morgan fingerprint density at radius 2 is 2.06 bits per heavy atom. The average Bonchev–Trinajstić information content (AvgIpc) is 2.45. The van der Waals surface area contributed by atoms with E-state index in [0.717, 1.165) is 38.9 Å². The van der Waals surface area contributed by atoms with Crippen molar-refractivity contribution in [3.8, 4) is 0 Å². The highest BCUT2D eigenvalue weighted by molar-refractivity contribution is 7.91. The Morgan fingerprint density at radius 3 is 2.76 bits per heavy atom. The molecule has 4 nitrogen and oxygen atoms in total. The maximum atomic E-state index is 11.5. The molecule has 0 radical (unpaired) electrons. The molecule has 1 aliphatic rings. The maximum absolute atomic E-state index is 11.5. The maximum Gasteiger partial charge on any atom is 0.151 e. The molecule has 5 heteroatoms. The first-order chi connectivity index (χ1) is 8.05. The van der Waals surface area contributed by atoms with Gasteiger partial charge in [0.15, 0.2) is 9.84 Å². The smallest absolute Gasteiger partial charge is 0.151 e. The van der Waals surface area contributed by atoms with Crippen LogP contribution in [-0.4, -0.2) is 57.0 Å². The monoisotopic (exact) mass is 262 g/mol. The van der Waals surface area contributed by atoms with Gasteiger partial charge in [-0.15, -0.1) is 0 Å². The van der Waals surface area contributed by atoms with Gasteiger partial charge in [0.25, 0.3) is 0 Å². The topological polar surface area (TPSA) is 49.4 Å². The van der Waals surface area contributed by atoms with Crippen molar-refractivity contribution in [2.75, 3.05) is 37.7 Å². The molecule has 102 valence electrons. The zero-order chi connectivity index (χ0) is 12.7. The standard InChI is InChI=1S/C12H26N2O2S/c1-3-13-7-4-6-12(2)14-8-5-10-17(15,16)11-9-14/h12-13H,3-11H2,1-2H3. The molecule has 0 aromatic carbocycles. The van der Waals surface area contributed by atoms with Crippen LogP contribution in [0.3, 0.4) is 0 Å². The molecule has 0 spiro atoms. The van der Waals surface area contributed by atoms with Gasteiger partial charge in [-0.05, 0) is 45.8 Å². The van der Waals surface area contributed by atoms with Crippen LogP contribution in [0.2, 0.25) is 0 Å². The Morgan fingerprint density at radius 1 is 1.29 bits per heavy atom. The summed E-state index contributed by atoms with van der Waals surface area (Å²) in [7, 11) is -2.77. The van der Waals surface area contributed by atoms with Crippen LogP contribution in [0, 0.1) is 0 Å². The molecule has 0 aliphatic carbocycles. The first-order valence-electron chi connectivity index (χ1n) is 6.70. The predicted molar refractivity (Wildman–Crippen MR) is 72.1 cm³/mol. The van der Waals surface area contributed by atoms with Crippen LogP contribution >= 0.6 is 0 Å². The Hall–Kier alpha value is -0.130. The normalized spacial score (nSPS) is 23.2. The second kappa shape index (κ2) is 7.34. The van der Waals surface area contributed by atoms with Crippen LogP contribution in [-0.2, 0) is 9.84 Å². The molecule has 0 aromatic heterocycles. The first kappa shape index (κ1) is 14.9. The molecular weight excluding hydrogens is 236 g/mol. The third-order valence-corrected chi connectivity index (χ3v) is 5.15. The first-order valence-corrected chi connectivity index (χ1v) is 8.52. The quantitative estimate of drug-likeness (QED) is 0.722. The number of nitrogens with one attached hydrogen (secondary N) is 1. The second-order valence-electron chi connectivity index (χ2n) is 4.89. The lowest BCUT2D eigenvalue weighted by atomic mass is 10.1. The van der Waals surface area contributed by atoms with Gasteiger partial charge in [-0.25, -0.2) is 8.42 Å². The van der Waals surface area contributed by atoms with E-state index in [0.29, 0.717) is 24.1 Å². The summed E-state index contributed by atoms with van der Waals surface area (Å²) in [5.74, 6) is 0.707. The van der Waals surface area contributed by atoms with Gasteiger partial charge in [0.2, 0.25) is 0 Å². The van der Waals surface area contributed by atoms with Crippen molar-refractivity contribution in [1.82, 2.24) is 10.2 Å². The van der Waals surface area contributed by atoms with E-state index in [1.165, 1.54) is 0 Å². The molecule has 1 rings (SSSR count). The van der Waals surface area contributed by atoms with E-state index in [-0.39, 0.29) is 0 Å². The zero-order valence-corrected chi connectivity index (χ0v) is 11.9. The fourth-order valence-corrected chi connectivity index (χ4v) is 3.57. The SMILES string of the molecule is CCNCCCC(C)N1CCCS(=O)(=O)CC1. The van der Waals surface area contributed by atoms with Crippen LogP contribution in [0.25, 0.3) is 0 Å². The van der Waals surface area contributed by atoms with Crippen LogP contribution in [0.15, 0.2) is 0 Å². The fraction of sp³-hybridized carbons (Fsp3) is 1.00. The van der Waals surface area contributed by atoms with Gasteiger partial charge in [0, 0.05) is 12.6 Å². The van der Waals surface area contributed by atoms with Gasteiger partial charge >= 0.3 is 0 Å². The Balaban J connectivity index is 2.29. The molecule has 1 atom stereocenters. The highest BCUT2D eigenvalue weighted by Gasteiger charge is 2.21. The molecule has 1 aliphatic heterocycles. The minimum Gasteiger partial charge on any atom is -0.317 e. The summed E-state index contributed by atoms with van der Waals surface area (Å²) in [5, 5.41) is 3.32. The molecule has 0 bridgehead atoms. The van der Waals surface area contributed by atoms with Crippen LogP contribution in [0.5, 0.6) is 0 Å². The molecule has 1 N–H and O–H groups in total. The van der Waals surface area contributed by atoms with Gasteiger partial charge in [-0.3, -0.25) is 4.90 Å². The minimum atomic E-state index is -2.77. The van der Waals surface area contributed by atoms with Crippen LogP contribution in [0.4, 0.5) is 0 Å². The van der Waals surface area contributed by atoms with Crippen LogP contribution < -0.4 is 5.32 Å². The summed E-state index contributed by atoms with van der Waals surface area (Å²) in [5.41, 5.74) is 0. The fourth-order valence-electron chi connectivity index (χ4n) is 2.28. The Labute approximate surface area is 106 Å². The van der Waals surface area contributed by atoms with E-state index in [1.807, 2.05) is 0 Å². The van der Waals surface area contributed by atoms with Crippen molar-refractivity contribution in [2.24, 2.45) is 0 Å². The number of hydrogen-bond donors (Lipinski definition) is 1. The van der Waals surface area contributed by atoms with Crippen LogP contribution in [0.1, 0.15) is 33.1 Å². The van der Waals surface area contributed by atoms with Crippen molar-refractivity contribution >= 4 is 9.84 Å². The molecule has 17 heavy (non-hydrogen) atoms. The third-order valence-electron chi connectivity index (χ3n) is 3.44. The van der Waals surface area contributed by atoms with E-state index < -0.39 is 9.84 Å². The van der Waals surface area contributed by atoms with E-state index in [2.05, 4.69) is 24.1 Å². The minimum absolute atomic E-state index is 0.338. The molecule has 1 saturated heterocycles. The summed E-state index contributed by atoms with van der Waals surface area (Å²) < 4.78 is 23.0. The zero-order valence-electron chi connectivity index (χ0n) is 11.1. The van der Waals surface area contributed by atoms with Gasteiger partial charge in [0.05, 0.1) is 11.5 Å².